The topological polar surface area (TPSA) is 99.7 Å². The normalized spacial score (nSPS) is 16.6. The zero-order chi connectivity index (χ0) is 17.4. The lowest BCUT2D eigenvalue weighted by atomic mass is 10.2. The predicted molar refractivity (Wildman–Crippen MR) is 93.6 cm³/mol. The summed E-state index contributed by atoms with van der Waals surface area (Å²) in [4.78, 5) is 16.2. The molecule has 0 bridgehead atoms. The van der Waals surface area contributed by atoms with E-state index in [1.54, 1.807) is 24.3 Å². The van der Waals surface area contributed by atoms with Crippen molar-refractivity contribution >= 4 is 21.8 Å². The van der Waals surface area contributed by atoms with Crippen molar-refractivity contribution in [1.29, 1.82) is 0 Å². The lowest BCUT2D eigenvalue weighted by Crippen LogP contribution is -2.32. The highest BCUT2D eigenvalue weighted by Crippen LogP contribution is 2.22. The Morgan fingerprint density at radius 2 is 2.00 bits per heavy atom. The first-order valence-corrected chi connectivity index (χ1v) is 9.67. The molecular weight excluding hydrogens is 328 g/mol. The third-order valence-corrected chi connectivity index (χ3v) is 4.94. The molecule has 24 heavy (non-hydrogen) atoms. The number of nitrogens with one attached hydrogen (secondary N) is 3. The summed E-state index contributed by atoms with van der Waals surface area (Å²) in [6.45, 7) is 4.81. The fraction of sp³-hybridized carbons (Fsp3) is 0.500. The number of aliphatic imine (C=N–C) groups is 1. The molecular formula is C16H24N4O3S. The third kappa shape index (κ3) is 5.04. The van der Waals surface area contributed by atoms with Gasteiger partial charge in [0.15, 0.2) is 0 Å². The Bertz CT molecular complexity index is 701. The molecule has 1 aliphatic heterocycles. The van der Waals surface area contributed by atoms with Gasteiger partial charge in [0.25, 0.3) is 10.0 Å². The zero-order valence-corrected chi connectivity index (χ0v) is 14.7. The summed E-state index contributed by atoms with van der Waals surface area (Å²) >= 11 is 0. The van der Waals surface area contributed by atoms with Gasteiger partial charge in [-0.3, -0.25) is 14.5 Å². The van der Waals surface area contributed by atoms with E-state index in [4.69, 9.17) is 0 Å². The van der Waals surface area contributed by atoms with Crippen molar-refractivity contribution in [3.05, 3.63) is 29.8 Å². The molecule has 0 saturated carbocycles. The summed E-state index contributed by atoms with van der Waals surface area (Å²) in [6.07, 6.45) is 2.02. The maximum atomic E-state index is 11.9. The maximum absolute atomic E-state index is 11.9. The Balaban J connectivity index is 1.74. The highest BCUT2D eigenvalue weighted by atomic mass is 32.2. The average molecular weight is 352 g/mol. The molecule has 1 aliphatic rings. The number of carbonyl (C=O) groups is 1. The van der Waals surface area contributed by atoms with Crippen LogP contribution in [0.1, 0.15) is 31.7 Å². The van der Waals surface area contributed by atoms with E-state index in [1.165, 1.54) is 0 Å². The number of hydrogen-bond acceptors (Lipinski definition) is 5. The number of sulfonamides is 1. The van der Waals surface area contributed by atoms with Crippen LogP contribution in [0.5, 0.6) is 0 Å². The van der Waals surface area contributed by atoms with Crippen LogP contribution in [0.3, 0.4) is 0 Å². The van der Waals surface area contributed by atoms with E-state index in [-0.39, 0.29) is 10.8 Å². The minimum absolute atomic E-state index is 0.0131. The molecule has 1 heterocycles. The van der Waals surface area contributed by atoms with Gasteiger partial charge in [-0.2, -0.15) is 0 Å². The molecule has 7 nitrogen and oxygen atoms in total. The first kappa shape index (κ1) is 18.4. The molecule has 0 radical (unpaired) electrons. The van der Waals surface area contributed by atoms with E-state index in [9.17, 15) is 13.2 Å². The van der Waals surface area contributed by atoms with Crippen molar-refractivity contribution < 1.29 is 13.2 Å². The van der Waals surface area contributed by atoms with Crippen LogP contribution in [-0.2, 0) is 14.8 Å². The molecule has 0 saturated heterocycles. The van der Waals surface area contributed by atoms with E-state index < -0.39 is 10.0 Å². The predicted octanol–water partition coefficient (Wildman–Crippen LogP) is 0.621. The minimum atomic E-state index is -3.50. The second-order valence-corrected chi connectivity index (χ2v) is 7.19. The molecule has 3 N–H and O–H groups in total. The summed E-state index contributed by atoms with van der Waals surface area (Å²) in [5.41, 5.74) is 0.587. The van der Waals surface area contributed by atoms with Gasteiger partial charge in [-0.1, -0.05) is 19.1 Å². The van der Waals surface area contributed by atoms with Crippen molar-refractivity contribution in [2.45, 2.75) is 31.1 Å². The van der Waals surface area contributed by atoms with Crippen molar-refractivity contribution in [2.75, 3.05) is 26.2 Å². The van der Waals surface area contributed by atoms with Gasteiger partial charge in [-0.25, -0.2) is 8.42 Å². The molecule has 0 aromatic heterocycles. The van der Waals surface area contributed by atoms with Crippen LogP contribution in [0.4, 0.5) is 0 Å². The second kappa shape index (κ2) is 8.79. The lowest BCUT2D eigenvalue weighted by Gasteiger charge is -2.05. The molecule has 1 aromatic carbocycles. The lowest BCUT2D eigenvalue weighted by molar-refractivity contribution is -0.121. The van der Waals surface area contributed by atoms with Gasteiger partial charge >= 0.3 is 0 Å². The third-order valence-electron chi connectivity index (χ3n) is 3.55. The van der Waals surface area contributed by atoms with Crippen LogP contribution < -0.4 is 15.4 Å². The Morgan fingerprint density at radius 3 is 2.79 bits per heavy atom. The average Bonchev–Trinajstić information content (AvgIpc) is 2.83. The van der Waals surface area contributed by atoms with Crippen LogP contribution in [0.2, 0.25) is 0 Å². The van der Waals surface area contributed by atoms with Crippen LogP contribution in [-0.4, -0.2) is 46.3 Å². The number of hydrogen-bond donors (Lipinski definition) is 3. The van der Waals surface area contributed by atoms with Gasteiger partial charge in [-0.05, 0) is 31.5 Å². The molecule has 0 unspecified atom stereocenters. The van der Waals surface area contributed by atoms with Crippen molar-refractivity contribution in [3.63, 3.8) is 0 Å². The van der Waals surface area contributed by atoms with E-state index in [1.807, 2.05) is 0 Å². The SMILES string of the molecule is CCCNCCNC(=O)CCCN=C1NS(=O)(=O)c2ccccc21. The van der Waals surface area contributed by atoms with Gasteiger partial charge < -0.3 is 10.6 Å². The first-order valence-electron chi connectivity index (χ1n) is 8.18. The molecule has 0 spiro atoms. The molecule has 0 atom stereocenters. The number of amides is 1. The highest BCUT2D eigenvalue weighted by molar-refractivity contribution is 7.90. The molecule has 0 fully saturated rings. The highest BCUT2D eigenvalue weighted by Gasteiger charge is 2.29. The minimum Gasteiger partial charge on any atom is -0.355 e. The summed E-state index contributed by atoms with van der Waals surface area (Å²) in [6, 6.07) is 6.74. The molecule has 1 aromatic rings. The van der Waals surface area contributed by atoms with E-state index in [0.29, 0.717) is 37.3 Å². The number of carbonyl (C=O) groups excluding carboxylic acids is 1. The van der Waals surface area contributed by atoms with Gasteiger partial charge in [-0.15, -0.1) is 0 Å². The Hall–Kier alpha value is -1.93. The fourth-order valence-electron chi connectivity index (χ4n) is 2.36. The number of benzene rings is 1. The smallest absolute Gasteiger partial charge is 0.263 e. The van der Waals surface area contributed by atoms with Crippen molar-refractivity contribution in [2.24, 2.45) is 4.99 Å². The molecule has 1 amide bonds. The van der Waals surface area contributed by atoms with Crippen molar-refractivity contribution in [3.8, 4) is 0 Å². The fourth-order valence-corrected chi connectivity index (χ4v) is 3.61. The Kier molecular flexibility index (Phi) is 6.74. The number of rotatable bonds is 9. The maximum Gasteiger partial charge on any atom is 0.263 e. The number of nitrogens with zero attached hydrogens (tertiary/aromatic N) is 1. The van der Waals surface area contributed by atoms with Crippen LogP contribution in [0.15, 0.2) is 34.2 Å². The van der Waals surface area contributed by atoms with Crippen LogP contribution >= 0.6 is 0 Å². The van der Waals surface area contributed by atoms with E-state index in [2.05, 4.69) is 27.3 Å². The largest absolute Gasteiger partial charge is 0.355 e. The first-order chi connectivity index (χ1) is 11.5. The summed E-state index contributed by atoms with van der Waals surface area (Å²) in [7, 11) is -3.50. The van der Waals surface area contributed by atoms with Gasteiger partial charge in [0.1, 0.15) is 5.84 Å². The summed E-state index contributed by atoms with van der Waals surface area (Å²) in [5.74, 6) is 0.343. The van der Waals surface area contributed by atoms with E-state index in [0.717, 1.165) is 19.5 Å². The molecule has 0 aliphatic carbocycles. The van der Waals surface area contributed by atoms with Crippen LogP contribution in [0, 0.1) is 0 Å². The van der Waals surface area contributed by atoms with E-state index >= 15 is 0 Å². The summed E-state index contributed by atoms with van der Waals surface area (Å²) in [5, 5.41) is 6.05. The molecule has 2 rings (SSSR count). The second-order valence-electron chi connectivity index (χ2n) is 5.54. The van der Waals surface area contributed by atoms with Crippen molar-refractivity contribution in [1.82, 2.24) is 15.4 Å². The Morgan fingerprint density at radius 1 is 1.21 bits per heavy atom. The quantitative estimate of drug-likeness (QED) is 0.567. The molecule has 132 valence electrons. The van der Waals surface area contributed by atoms with Gasteiger partial charge in [0.05, 0.1) is 4.90 Å². The molecule has 8 heteroatoms. The number of fused-ring (bicyclic) bond motifs is 1. The van der Waals surface area contributed by atoms with Gasteiger partial charge in [0.2, 0.25) is 5.91 Å². The monoisotopic (exact) mass is 352 g/mol. The standard InChI is InChI=1S/C16H24N4O3S/c1-2-9-17-11-12-18-15(21)8-5-10-19-16-13-6-3-4-7-14(13)24(22,23)20-16/h3-4,6-7,17H,2,5,8-12H2,1H3,(H,18,21)(H,19,20). The zero-order valence-electron chi connectivity index (χ0n) is 13.8. The summed E-state index contributed by atoms with van der Waals surface area (Å²) < 4.78 is 26.3. The van der Waals surface area contributed by atoms with Crippen LogP contribution in [0.25, 0.3) is 0 Å². The Labute approximate surface area is 143 Å². The number of amidine groups is 1. The van der Waals surface area contributed by atoms with Gasteiger partial charge in [0, 0.05) is 31.6 Å².